The fourth-order valence-corrected chi connectivity index (χ4v) is 6.28. The second-order valence-corrected chi connectivity index (χ2v) is 13.1. The second-order valence-electron chi connectivity index (χ2n) is 12.1. The molecule has 258 valence electrons. The van der Waals surface area contributed by atoms with Crippen molar-refractivity contribution in [2.24, 2.45) is 0 Å². The number of alkyl halides is 3. The number of hydrogen-bond donors (Lipinski definition) is 0. The number of carbonyl (C=O) groups is 2. The van der Waals surface area contributed by atoms with Crippen LogP contribution in [0.1, 0.15) is 27.1 Å². The molecule has 2 amide bonds. The van der Waals surface area contributed by atoms with Gasteiger partial charge in [-0.05, 0) is 65.5 Å². The van der Waals surface area contributed by atoms with Crippen molar-refractivity contribution in [3.63, 3.8) is 0 Å². The van der Waals surface area contributed by atoms with Gasteiger partial charge in [-0.3, -0.25) is 19.5 Å². The Morgan fingerprint density at radius 1 is 0.800 bits per heavy atom. The molecule has 0 saturated heterocycles. The first kappa shape index (κ1) is 36.2. The van der Waals surface area contributed by atoms with E-state index >= 15 is 0 Å². The molecule has 1 atom stereocenters. The first-order valence-corrected chi connectivity index (χ1v) is 17.1. The number of carbonyl (C=O) groups excluding carboxylic acids is 2. The van der Waals surface area contributed by atoms with Crippen molar-refractivity contribution in [3.05, 3.63) is 154 Å². The lowest BCUT2D eigenvalue weighted by Crippen LogP contribution is -2.51. The summed E-state index contributed by atoms with van der Waals surface area (Å²) in [5.41, 5.74) is 3.10. The minimum absolute atomic E-state index is 0.133. The summed E-state index contributed by atoms with van der Waals surface area (Å²) in [6, 6.07) is 30.8. The Hall–Kier alpha value is -5.06. The van der Waals surface area contributed by atoms with Crippen LogP contribution in [0.3, 0.4) is 0 Å². The highest BCUT2D eigenvalue weighted by molar-refractivity contribution is 7.09. The van der Waals surface area contributed by atoms with E-state index in [0.29, 0.717) is 18.7 Å². The van der Waals surface area contributed by atoms with Gasteiger partial charge in [0.15, 0.2) is 0 Å². The topological polar surface area (TPSA) is 56.8 Å². The molecule has 6 nitrogen and oxygen atoms in total. The molecule has 0 unspecified atom stereocenters. The molecule has 3 aromatic carbocycles. The van der Waals surface area contributed by atoms with Crippen LogP contribution in [0, 0.1) is 0 Å². The molecule has 0 aliphatic rings. The van der Waals surface area contributed by atoms with Gasteiger partial charge in [0, 0.05) is 62.4 Å². The van der Waals surface area contributed by atoms with Crippen LogP contribution in [0.4, 0.5) is 13.2 Å². The summed E-state index contributed by atoms with van der Waals surface area (Å²) >= 11 is 1.68. The van der Waals surface area contributed by atoms with E-state index in [1.807, 2.05) is 91.3 Å². The highest BCUT2D eigenvalue weighted by Crippen LogP contribution is 2.29. The lowest BCUT2D eigenvalue weighted by molar-refractivity contribution is -0.143. The van der Waals surface area contributed by atoms with E-state index in [-0.39, 0.29) is 18.9 Å². The minimum Gasteiger partial charge on any atom is -0.343 e. The Morgan fingerprint density at radius 2 is 1.52 bits per heavy atom. The molecule has 50 heavy (non-hydrogen) atoms. The third-order valence-electron chi connectivity index (χ3n) is 8.34. The molecular weight excluding hydrogens is 658 g/mol. The molecule has 0 fully saturated rings. The van der Waals surface area contributed by atoms with Gasteiger partial charge in [-0.25, -0.2) is 0 Å². The maximum atomic E-state index is 14.3. The molecule has 0 aliphatic heterocycles. The summed E-state index contributed by atoms with van der Waals surface area (Å²) in [5, 5.41) is 2.04. The molecule has 0 N–H and O–H groups in total. The zero-order valence-electron chi connectivity index (χ0n) is 28.0. The largest absolute Gasteiger partial charge is 0.416 e. The summed E-state index contributed by atoms with van der Waals surface area (Å²) in [6.45, 7) is 1.98. The van der Waals surface area contributed by atoms with Crippen LogP contribution >= 0.6 is 11.3 Å². The molecule has 0 spiro atoms. The summed E-state index contributed by atoms with van der Waals surface area (Å²) in [4.78, 5) is 39.5. The number of aromatic nitrogens is 1. The average molecular weight is 697 g/mol. The maximum Gasteiger partial charge on any atom is 0.416 e. The lowest BCUT2D eigenvalue weighted by Gasteiger charge is -2.34. The molecule has 5 aromatic rings. The quantitative estimate of drug-likeness (QED) is 0.110. The van der Waals surface area contributed by atoms with Crippen molar-refractivity contribution in [2.75, 3.05) is 27.2 Å². The zero-order chi connectivity index (χ0) is 35.5. The van der Waals surface area contributed by atoms with Crippen LogP contribution < -0.4 is 0 Å². The number of rotatable bonds is 14. The highest BCUT2D eigenvalue weighted by Gasteiger charge is 2.32. The number of thiophene rings is 1. The van der Waals surface area contributed by atoms with Gasteiger partial charge < -0.3 is 9.80 Å². The molecule has 2 aromatic heterocycles. The van der Waals surface area contributed by atoms with E-state index in [1.165, 1.54) is 29.2 Å². The molecule has 2 heterocycles. The van der Waals surface area contributed by atoms with Gasteiger partial charge >= 0.3 is 6.18 Å². The monoisotopic (exact) mass is 696 g/mol. The van der Waals surface area contributed by atoms with Gasteiger partial charge in [-0.2, -0.15) is 13.2 Å². The third kappa shape index (κ3) is 10.2. The first-order chi connectivity index (χ1) is 24.1. The Labute approximate surface area is 295 Å². The van der Waals surface area contributed by atoms with Crippen molar-refractivity contribution < 1.29 is 22.8 Å². The van der Waals surface area contributed by atoms with E-state index in [2.05, 4.69) is 16.0 Å². The van der Waals surface area contributed by atoms with Crippen molar-refractivity contribution in [3.8, 4) is 11.3 Å². The van der Waals surface area contributed by atoms with Crippen molar-refractivity contribution in [2.45, 2.75) is 31.7 Å². The zero-order valence-corrected chi connectivity index (χ0v) is 28.8. The average Bonchev–Trinajstić information content (AvgIpc) is 3.64. The summed E-state index contributed by atoms with van der Waals surface area (Å²) < 4.78 is 39.4. The van der Waals surface area contributed by atoms with Crippen LogP contribution in [0.15, 0.2) is 127 Å². The van der Waals surface area contributed by atoms with Crippen LogP contribution in [0.2, 0.25) is 0 Å². The molecule has 5 rings (SSSR count). The maximum absolute atomic E-state index is 14.3. The van der Waals surface area contributed by atoms with E-state index in [9.17, 15) is 22.8 Å². The number of amides is 2. The third-order valence-corrected chi connectivity index (χ3v) is 9.20. The van der Waals surface area contributed by atoms with E-state index < -0.39 is 23.7 Å². The Kier molecular flexibility index (Phi) is 12.4. The van der Waals surface area contributed by atoms with Crippen LogP contribution in [-0.2, 0) is 35.3 Å². The molecule has 0 aliphatic carbocycles. The standard InChI is InChI=1S/C40H39F3N4O2S/c1-45(29-35-11-8-26-50-35)24-25-46(2)39(49)37(27-31-9-4-3-5-10-31)47(28-32-13-18-33(19-14-32)36-12-6-7-23-44-36)38(48)22-17-30-15-20-34(21-16-30)40(41,42)43/h3-23,26,37H,24-25,27-29H2,1-2H3/t37-/m0/s1. The number of benzene rings is 3. The molecule has 0 saturated carbocycles. The predicted octanol–water partition coefficient (Wildman–Crippen LogP) is 8.07. The molecule has 0 radical (unpaired) electrons. The van der Waals surface area contributed by atoms with E-state index in [1.54, 1.807) is 34.4 Å². The van der Waals surface area contributed by atoms with Gasteiger partial charge in [0.05, 0.1) is 11.3 Å². The van der Waals surface area contributed by atoms with Crippen LogP contribution in [-0.4, -0.2) is 64.7 Å². The Morgan fingerprint density at radius 3 is 2.16 bits per heavy atom. The fraction of sp³-hybridized carbons (Fsp3) is 0.225. The van der Waals surface area contributed by atoms with Gasteiger partial charge in [0.1, 0.15) is 6.04 Å². The minimum atomic E-state index is -4.46. The Bertz CT molecular complexity index is 1830. The number of halogens is 3. The number of likely N-dealkylation sites (N-methyl/N-ethyl adjacent to an activating group) is 2. The van der Waals surface area contributed by atoms with Crippen LogP contribution in [0.25, 0.3) is 17.3 Å². The molecular formula is C40H39F3N4O2S. The molecule has 0 bridgehead atoms. The van der Waals surface area contributed by atoms with Crippen molar-refractivity contribution in [1.82, 2.24) is 19.7 Å². The lowest BCUT2D eigenvalue weighted by atomic mass is 10.0. The van der Waals surface area contributed by atoms with E-state index in [0.717, 1.165) is 41.1 Å². The number of nitrogens with zero attached hydrogens (tertiary/aromatic N) is 4. The van der Waals surface area contributed by atoms with Gasteiger partial charge in [-0.15, -0.1) is 11.3 Å². The smallest absolute Gasteiger partial charge is 0.343 e. The Balaban J connectivity index is 1.43. The first-order valence-electron chi connectivity index (χ1n) is 16.2. The van der Waals surface area contributed by atoms with Gasteiger partial charge in [0.25, 0.3) is 0 Å². The van der Waals surface area contributed by atoms with Gasteiger partial charge in [-0.1, -0.05) is 78.9 Å². The second kappa shape index (κ2) is 17.0. The fourth-order valence-electron chi connectivity index (χ4n) is 5.50. The summed E-state index contributed by atoms with van der Waals surface area (Å²) in [7, 11) is 3.76. The van der Waals surface area contributed by atoms with E-state index in [4.69, 9.17) is 0 Å². The highest BCUT2D eigenvalue weighted by atomic mass is 32.1. The summed E-state index contributed by atoms with van der Waals surface area (Å²) in [5.74, 6) is -0.643. The number of pyridine rings is 1. The normalized spacial score (nSPS) is 12.3. The molecule has 10 heteroatoms. The summed E-state index contributed by atoms with van der Waals surface area (Å²) in [6.07, 6.45) is 0.346. The van der Waals surface area contributed by atoms with Crippen molar-refractivity contribution >= 4 is 29.2 Å². The SMILES string of the molecule is CN(CCN(C)C(=O)[C@H](Cc1ccccc1)N(Cc1ccc(-c2ccccn2)cc1)C(=O)C=Cc1ccc(C(F)(F)F)cc1)Cc1cccs1. The van der Waals surface area contributed by atoms with Crippen LogP contribution in [0.5, 0.6) is 0 Å². The number of hydrogen-bond acceptors (Lipinski definition) is 5. The predicted molar refractivity (Wildman–Crippen MR) is 193 cm³/mol. The van der Waals surface area contributed by atoms with Gasteiger partial charge in [0.2, 0.25) is 11.8 Å². The van der Waals surface area contributed by atoms with Crippen molar-refractivity contribution in [1.29, 1.82) is 0 Å².